The van der Waals surface area contributed by atoms with Crippen molar-refractivity contribution in [1.29, 1.82) is 5.26 Å². The van der Waals surface area contributed by atoms with Crippen LogP contribution in [0.3, 0.4) is 0 Å². The summed E-state index contributed by atoms with van der Waals surface area (Å²) in [7, 11) is 0. The SMILES string of the molecule is Cc1ccn(-c2ccc(NC(=O)[C@H](NC[C@H](C)c3ccc(C#N)cc3)c3ccccc3)nc2)n1. The highest BCUT2D eigenvalue weighted by Gasteiger charge is 2.21. The molecule has 1 amide bonds. The second kappa shape index (κ2) is 10.6. The zero-order chi connectivity index (χ0) is 23.9. The van der Waals surface area contributed by atoms with Gasteiger partial charge >= 0.3 is 0 Å². The summed E-state index contributed by atoms with van der Waals surface area (Å²) >= 11 is 0. The quantitative estimate of drug-likeness (QED) is 0.411. The molecule has 0 aliphatic rings. The first-order chi connectivity index (χ1) is 16.5. The van der Waals surface area contributed by atoms with Gasteiger partial charge in [-0.15, -0.1) is 0 Å². The summed E-state index contributed by atoms with van der Waals surface area (Å²) < 4.78 is 1.74. The van der Waals surface area contributed by atoms with E-state index in [2.05, 4.69) is 33.7 Å². The van der Waals surface area contributed by atoms with Crippen LogP contribution in [0.5, 0.6) is 0 Å². The lowest BCUT2D eigenvalue weighted by atomic mass is 9.98. The van der Waals surface area contributed by atoms with E-state index in [1.165, 1.54) is 0 Å². The van der Waals surface area contributed by atoms with Gasteiger partial charge in [-0.3, -0.25) is 4.79 Å². The predicted octanol–water partition coefficient (Wildman–Crippen LogP) is 4.52. The fourth-order valence-electron chi connectivity index (χ4n) is 3.66. The summed E-state index contributed by atoms with van der Waals surface area (Å²) in [6.07, 6.45) is 3.55. The Bertz CT molecular complexity index is 1270. The molecule has 0 spiro atoms. The Kier molecular flexibility index (Phi) is 7.11. The third-order valence-electron chi connectivity index (χ3n) is 5.62. The number of pyridine rings is 1. The zero-order valence-electron chi connectivity index (χ0n) is 19.1. The van der Waals surface area contributed by atoms with Gasteiger partial charge in [0.2, 0.25) is 5.91 Å². The molecule has 0 aliphatic heterocycles. The smallest absolute Gasteiger partial charge is 0.247 e. The van der Waals surface area contributed by atoms with Crippen molar-refractivity contribution in [3.05, 3.63) is 108 Å². The third-order valence-corrected chi connectivity index (χ3v) is 5.62. The number of anilines is 1. The molecular formula is C27H26N6O. The van der Waals surface area contributed by atoms with Crippen LogP contribution >= 0.6 is 0 Å². The molecule has 0 bridgehead atoms. The molecule has 4 aromatic rings. The van der Waals surface area contributed by atoms with E-state index in [-0.39, 0.29) is 11.8 Å². The summed E-state index contributed by atoms with van der Waals surface area (Å²) in [6, 6.07) is 24.3. The monoisotopic (exact) mass is 450 g/mol. The highest BCUT2D eigenvalue weighted by Crippen LogP contribution is 2.20. The zero-order valence-corrected chi connectivity index (χ0v) is 19.1. The average molecular weight is 451 g/mol. The maximum atomic E-state index is 13.2. The van der Waals surface area contributed by atoms with E-state index < -0.39 is 6.04 Å². The van der Waals surface area contributed by atoms with Crippen molar-refractivity contribution in [2.75, 3.05) is 11.9 Å². The molecule has 2 atom stereocenters. The molecule has 4 rings (SSSR count). The normalized spacial score (nSPS) is 12.5. The van der Waals surface area contributed by atoms with Gasteiger partial charge in [0, 0.05) is 12.7 Å². The number of aromatic nitrogens is 3. The fraction of sp³-hybridized carbons (Fsp3) is 0.185. The summed E-state index contributed by atoms with van der Waals surface area (Å²) in [5, 5.41) is 19.7. The molecule has 2 heterocycles. The van der Waals surface area contributed by atoms with Crippen molar-refractivity contribution in [3.63, 3.8) is 0 Å². The van der Waals surface area contributed by atoms with Crippen molar-refractivity contribution < 1.29 is 4.79 Å². The van der Waals surface area contributed by atoms with E-state index >= 15 is 0 Å². The van der Waals surface area contributed by atoms with Gasteiger partial charge in [-0.2, -0.15) is 10.4 Å². The Hall–Kier alpha value is -4.28. The van der Waals surface area contributed by atoms with Crippen LogP contribution in [0.25, 0.3) is 5.69 Å². The van der Waals surface area contributed by atoms with Gasteiger partial charge in [0.15, 0.2) is 0 Å². The number of nitrogens with one attached hydrogen (secondary N) is 2. The lowest BCUT2D eigenvalue weighted by molar-refractivity contribution is -0.118. The minimum Gasteiger partial charge on any atom is -0.309 e. The van der Waals surface area contributed by atoms with Gasteiger partial charge in [-0.05, 0) is 54.3 Å². The van der Waals surface area contributed by atoms with Crippen LogP contribution < -0.4 is 10.6 Å². The molecule has 0 fully saturated rings. The minimum atomic E-state index is -0.544. The van der Waals surface area contributed by atoms with Crippen molar-refractivity contribution >= 4 is 11.7 Å². The maximum Gasteiger partial charge on any atom is 0.247 e. The Morgan fingerprint density at radius 2 is 1.79 bits per heavy atom. The topological polar surface area (TPSA) is 95.6 Å². The molecule has 7 heteroatoms. The second-order valence-electron chi connectivity index (χ2n) is 8.18. The van der Waals surface area contributed by atoms with Gasteiger partial charge in [-0.1, -0.05) is 49.4 Å². The van der Waals surface area contributed by atoms with Crippen LogP contribution in [0.1, 0.15) is 41.3 Å². The van der Waals surface area contributed by atoms with Gasteiger partial charge in [0.1, 0.15) is 11.9 Å². The number of amides is 1. The van der Waals surface area contributed by atoms with E-state index in [4.69, 9.17) is 5.26 Å². The van der Waals surface area contributed by atoms with Crippen molar-refractivity contribution in [1.82, 2.24) is 20.1 Å². The molecule has 7 nitrogen and oxygen atoms in total. The first-order valence-corrected chi connectivity index (χ1v) is 11.1. The number of carbonyl (C=O) groups excluding carboxylic acids is 1. The second-order valence-corrected chi connectivity index (χ2v) is 8.18. The van der Waals surface area contributed by atoms with E-state index in [0.717, 1.165) is 22.5 Å². The fourth-order valence-corrected chi connectivity index (χ4v) is 3.66. The highest BCUT2D eigenvalue weighted by atomic mass is 16.2. The Balaban J connectivity index is 1.46. The molecule has 0 saturated heterocycles. The molecule has 0 radical (unpaired) electrons. The Labute approximate surface area is 199 Å². The first kappa shape index (κ1) is 22.9. The van der Waals surface area contributed by atoms with Gasteiger partial charge in [-0.25, -0.2) is 9.67 Å². The van der Waals surface area contributed by atoms with Crippen LogP contribution in [-0.2, 0) is 4.79 Å². The molecule has 2 N–H and O–H groups in total. The molecule has 170 valence electrons. The summed E-state index contributed by atoms with van der Waals surface area (Å²) in [4.78, 5) is 17.6. The number of benzene rings is 2. The lowest BCUT2D eigenvalue weighted by Gasteiger charge is -2.21. The van der Waals surface area contributed by atoms with Gasteiger partial charge < -0.3 is 10.6 Å². The number of nitriles is 1. The van der Waals surface area contributed by atoms with Crippen molar-refractivity contribution in [2.24, 2.45) is 0 Å². The van der Waals surface area contributed by atoms with Crippen LogP contribution in [-0.4, -0.2) is 27.2 Å². The standard InChI is InChI=1S/C27H26N6O/c1-19(22-10-8-21(16-28)9-11-22)17-30-26(23-6-4-3-5-7-23)27(34)31-25-13-12-24(18-29-25)33-15-14-20(2)32-33/h3-15,18-19,26,30H,17H2,1-2H3,(H,29,31,34)/t19-,26+/m0/s1. The average Bonchev–Trinajstić information content (AvgIpc) is 3.31. The number of hydrogen-bond donors (Lipinski definition) is 2. The molecule has 0 unspecified atom stereocenters. The van der Waals surface area contributed by atoms with Crippen LogP contribution in [0.2, 0.25) is 0 Å². The number of aryl methyl sites for hydroxylation is 1. The van der Waals surface area contributed by atoms with Gasteiger partial charge in [0.25, 0.3) is 0 Å². The largest absolute Gasteiger partial charge is 0.309 e. The molecule has 2 aromatic carbocycles. The van der Waals surface area contributed by atoms with E-state index in [0.29, 0.717) is 17.9 Å². The van der Waals surface area contributed by atoms with E-state index in [1.807, 2.05) is 79.9 Å². The van der Waals surface area contributed by atoms with Crippen molar-refractivity contribution in [3.8, 4) is 11.8 Å². The van der Waals surface area contributed by atoms with Gasteiger partial charge in [0.05, 0.1) is 29.2 Å². The molecular weight excluding hydrogens is 424 g/mol. The van der Waals surface area contributed by atoms with Crippen LogP contribution in [0.15, 0.2) is 85.2 Å². The molecule has 0 saturated carbocycles. The maximum absolute atomic E-state index is 13.2. The number of nitrogens with zero attached hydrogens (tertiary/aromatic N) is 4. The summed E-state index contributed by atoms with van der Waals surface area (Å²) in [6.45, 7) is 4.60. The highest BCUT2D eigenvalue weighted by molar-refractivity contribution is 5.94. The van der Waals surface area contributed by atoms with Crippen LogP contribution in [0.4, 0.5) is 5.82 Å². The van der Waals surface area contributed by atoms with E-state index in [1.54, 1.807) is 16.9 Å². The minimum absolute atomic E-state index is 0.154. The van der Waals surface area contributed by atoms with Crippen LogP contribution in [0, 0.1) is 18.3 Å². The predicted molar refractivity (Wildman–Crippen MR) is 131 cm³/mol. The van der Waals surface area contributed by atoms with Crippen molar-refractivity contribution in [2.45, 2.75) is 25.8 Å². The Morgan fingerprint density at radius 1 is 1.03 bits per heavy atom. The number of carbonyl (C=O) groups is 1. The summed E-state index contributed by atoms with van der Waals surface area (Å²) in [5.74, 6) is 0.440. The lowest BCUT2D eigenvalue weighted by Crippen LogP contribution is -2.35. The summed E-state index contributed by atoms with van der Waals surface area (Å²) in [5.41, 5.74) is 4.34. The van der Waals surface area contributed by atoms with E-state index in [9.17, 15) is 4.79 Å². The molecule has 2 aromatic heterocycles. The molecule has 0 aliphatic carbocycles. The molecule has 34 heavy (non-hydrogen) atoms. The first-order valence-electron chi connectivity index (χ1n) is 11.1. The number of rotatable bonds is 8. The Morgan fingerprint density at radius 3 is 2.41 bits per heavy atom. The number of hydrogen-bond acceptors (Lipinski definition) is 5. The third kappa shape index (κ3) is 5.55.